The minimum absolute atomic E-state index is 0.252. The number of fused-ring (bicyclic) bond motifs is 2. The summed E-state index contributed by atoms with van der Waals surface area (Å²) in [6.45, 7) is 1.71. The first-order valence-corrected chi connectivity index (χ1v) is 11.7. The van der Waals surface area contributed by atoms with Crippen molar-refractivity contribution in [1.82, 2.24) is 19.6 Å². The van der Waals surface area contributed by atoms with Crippen LogP contribution in [0.1, 0.15) is 6.92 Å². The molecule has 3 heterocycles. The number of nitrogens with one attached hydrogen (secondary N) is 3. The Hall–Kier alpha value is -3.83. The van der Waals surface area contributed by atoms with Crippen LogP contribution in [0.4, 0.5) is 5.69 Å². The molecule has 0 spiro atoms. The number of benzene rings is 2. The molecule has 1 atom stereocenters. The van der Waals surface area contributed by atoms with Crippen molar-refractivity contribution < 1.29 is 4.79 Å². The van der Waals surface area contributed by atoms with Crippen LogP contribution in [0.2, 0.25) is 0 Å². The smallest absolute Gasteiger partial charge is 0.323 e. The largest absolute Gasteiger partial charge is 0.334 e. The summed E-state index contributed by atoms with van der Waals surface area (Å²) >= 11 is 2.46. The SMILES string of the molecule is CC(Sc1nc2scc(-c3ccccc3)c2c(=O)n1N)C(=O)Nc1ccc2[nH]c(=O)[nH]c2c1. The lowest BCUT2D eigenvalue weighted by atomic mass is 10.1. The first kappa shape index (κ1) is 21.0. The Balaban J connectivity index is 1.39. The summed E-state index contributed by atoms with van der Waals surface area (Å²) in [5.74, 6) is 5.79. The van der Waals surface area contributed by atoms with Crippen LogP contribution in [0.5, 0.6) is 0 Å². The van der Waals surface area contributed by atoms with E-state index in [-0.39, 0.29) is 22.3 Å². The third-order valence-corrected chi connectivity index (χ3v) is 7.07. The molecular weight excluding hydrogens is 460 g/mol. The van der Waals surface area contributed by atoms with Gasteiger partial charge in [0.1, 0.15) is 4.83 Å². The number of amides is 1. The van der Waals surface area contributed by atoms with Gasteiger partial charge in [0, 0.05) is 16.6 Å². The van der Waals surface area contributed by atoms with Gasteiger partial charge in [-0.25, -0.2) is 14.5 Å². The van der Waals surface area contributed by atoms with Crippen LogP contribution in [0, 0.1) is 0 Å². The number of anilines is 1. The molecule has 0 fully saturated rings. The maximum atomic E-state index is 13.0. The van der Waals surface area contributed by atoms with Gasteiger partial charge in [0.2, 0.25) is 5.91 Å². The van der Waals surface area contributed by atoms with Crippen molar-refractivity contribution in [3.05, 3.63) is 74.7 Å². The van der Waals surface area contributed by atoms with E-state index in [1.54, 1.807) is 25.1 Å². The summed E-state index contributed by atoms with van der Waals surface area (Å²) in [5, 5.41) is 4.83. The van der Waals surface area contributed by atoms with Gasteiger partial charge in [-0.2, -0.15) is 0 Å². The highest BCUT2D eigenvalue weighted by Crippen LogP contribution is 2.32. The second-order valence-corrected chi connectivity index (χ2v) is 9.52. The number of hydrogen-bond donors (Lipinski definition) is 4. The van der Waals surface area contributed by atoms with Gasteiger partial charge in [0.05, 0.1) is 21.7 Å². The summed E-state index contributed by atoms with van der Waals surface area (Å²) in [5.41, 5.74) is 2.79. The minimum Gasteiger partial charge on any atom is -0.334 e. The van der Waals surface area contributed by atoms with Crippen LogP contribution >= 0.6 is 23.1 Å². The first-order valence-electron chi connectivity index (χ1n) is 9.95. The molecule has 166 valence electrons. The molecule has 0 saturated carbocycles. The van der Waals surface area contributed by atoms with E-state index in [0.717, 1.165) is 27.6 Å². The summed E-state index contributed by atoms with van der Waals surface area (Å²) in [6, 6.07) is 14.6. The Bertz CT molecular complexity index is 1620. The fourth-order valence-corrected chi connectivity index (χ4v) is 5.28. The minimum atomic E-state index is -0.585. The number of carbonyl (C=O) groups excluding carboxylic acids is 1. The summed E-state index contributed by atoms with van der Waals surface area (Å²) < 4.78 is 0.993. The number of aromatic amines is 2. The molecule has 11 heteroatoms. The van der Waals surface area contributed by atoms with Crippen LogP contribution in [-0.2, 0) is 4.79 Å². The van der Waals surface area contributed by atoms with Gasteiger partial charge in [-0.05, 0) is 30.7 Å². The van der Waals surface area contributed by atoms with Gasteiger partial charge in [-0.1, -0.05) is 42.1 Å². The number of aromatic nitrogens is 4. The maximum Gasteiger partial charge on any atom is 0.323 e. The van der Waals surface area contributed by atoms with Crippen LogP contribution < -0.4 is 22.4 Å². The molecule has 0 bridgehead atoms. The van der Waals surface area contributed by atoms with Crippen molar-refractivity contribution in [1.29, 1.82) is 0 Å². The number of carbonyl (C=O) groups is 1. The zero-order valence-corrected chi connectivity index (χ0v) is 18.9. The maximum absolute atomic E-state index is 13.0. The number of hydrogen-bond acceptors (Lipinski definition) is 7. The van der Waals surface area contributed by atoms with Gasteiger partial charge < -0.3 is 21.1 Å². The zero-order chi connectivity index (χ0) is 23.1. The van der Waals surface area contributed by atoms with E-state index in [4.69, 9.17) is 5.84 Å². The van der Waals surface area contributed by atoms with Crippen molar-refractivity contribution in [2.75, 3.05) is 11.2 Å². The van der Waals surface area contributed by atoms with Crippen molar-refractivity contribution in [2.24, 2.45) is 0 Å². The predicted octanol–water partition coefficient (Wildman–Crippen LogP) is 3.13. The van der Waals surface area contributed by atoms with E-state index in [9.17, 15) is 14.4 Å². The van der Waals surface area contributed by atoms with E-state index in [1.807, 2.05) is 35.7 Å². The van der Waals surface area contributed by atoms with Crippen molar-refractivity contribution in [2.45, 2.75) is 17.3 Å². The number of H-pyrrole nitrogens is 2. The molecule has 2 aromatic carbocycles. The van der Waals surface area contributed by atoms with E-state index >= 15 is 0 Å². The quantitative estimate of drug-likeness (QED) is 0.174. The third kappa shape index (κ3) is 3.92. The normalized spacial score (nSPS) is 12.3. The molecule has 0 saturated heterocycles. The third-order valence-electron chi connectivity index (χ3n) is 5.13. The number of thioether (sulfide) groups is 1. The zero-order valence-electron chi connectivity index (χ0n) is 17.3. The molecule has 5 N–H and O–H groups in total. The van der Waals surface area contributed by atoms with Gasteiger partial charge >= 0.3 is 5.69 Å². The molecule has 0 aliphatic rings. The standard InChI is InChI=1S/C22H18N6O3S2/c1-11(18(29)24-13-7-8-15-16(9-13)26-21(31)25-15)33-22-27-19-17(20(30)28(22)23)14(10-32-19)12-5-3-2-4-6-12/h2-11H,23H2,1H3,(H,24,29)(H2,25,26,31). The molecule has 33 heavy (non-hydrogen) atoms. The Labute approximate surface area is 194 Å². The van der Waals surface area contributed by atoms with Crippen molar-refractivity contribution >= 4 is 55.9 Å². The number of rotatable bonds is 5. The number of nitrogen functional groups attached to an aromatic ring is 1. The lowest BCUT2D eigenvalue weighted by Crippen LogP contribution is -2.31. The predicted molar refractivity (Wildman–Crippen MR) is 132 cm³/mol. The Morgan fingerprint density at radius 3 is 2.70 bits per heavy atom. The Kier molecular flexibility index (Phi) is 5.27. The molecule has 5 aromatic rings. The highest BCUT2D eigenvalue weighted by Gasteiger charge is 2.21. The van der Waals surface area contributed by atoms with Crippen LogP contribution in [-0.4, -0.2) is 30.8 Å². The fraction of sp³-hybridized carbons (Fsp3) is 0.0909. The summed E-state index contributed by atoms with van der Waals surface area (Å²) in [6.07, 6.45) is 0. The van der Waals surface area contributed by atoms with Crippen LogP contribution in [0.3, 0.4) is 0 Å². The van der Waals surface area contributed by atoms with Crippen LogP contribution in [0.25, 0.3) is 32.4 Å². The topological polar surface area (TPSA) is 139 Å². The van der Waals surface area contributed by atoms with Gasteiger partial charge in [-0.3, -0.25) is 9.59 Å². The second kappa shape index (κ2) is 8.26. The molecular formula is C22H18N6O3S2. The van der Waals surface area contributed by atoms with Crippen LogP contribution in [0.15, 0.2) is 68.7 Å². The molecule has 5 rings (SSSR count). The highest BCUT2D eigenvalue weighted by atomic mass is 32.2. The lowest BCUT2D eigenvalue weighted by Gasteiger charge is -2.13. The molecule has 0 aliphatic carbocycles. The van der Waals surface area contributed by atoms with Crippen molar-refractivity contribution in [3.8, 4) is 11.1 Å². The van der Waals surface area contributed by atoms with E-state index in [1.165, 1.54) is 11.3 Å². The monoisotopic (exact) mass is 478 g/mol. The van der Waals surface area contributed by atoms with E-state index < -0.39 is 5.25 Å². The molecule has 1 unspecified atom stereocenters. The van der Waals surface area contributed by atoms with Gasteiger partial charge in [0.25, 0.3) is 5.56 Å². The molecule has 1 amide bonds. The summed E-state index contributed by atoms with van der Waals surface area (Å²) in [7, 11) is 0. The molecule has 9 nitrogen and oxygen atoms in total. The van der Waals surface area contributed by atoms with E-state index in [2.05, 4.69) is 20.3 Å². The molecule has 0 radical (unpaired) electrons. The Morgan fingerprint density at radius 2 is 1.91 bits per heavy atom. The average molecular weight is 479 g/mol. The lowest BCUT2D eigenvalue weighted by molar-refractivity contribution is -0.115. The number of thiophene rings is 1. The molecule has 0 aliphatic heterocycles. The van der Waals surface area contributed by atoms with Gasteiger partial charge in [0.15, 0.2) is 5.16 Å². The molecule has 3 aromatic heterocycles. The highest BCUT2D eigenvalue weighted by molar-refractivity contribution is 8.00. The van der Waals surface area contributed by atoms with E-state index in [0.29, 0.717) is 26.9 Å². The Morgan fingerprint density at radius 1 is 1.15 bits per heavy atom. The number of nitrogens with two attached hydrogens (primary N) is 1. The fourth-order valence-electron chi connectivity index (χ4n) is 3.46. The number of nitrogens with zero attached hydrogens (tertiary/aromatic N) is 2. The summed E-state index contributed by atoms with van der Waals surface area (Å²) in [4.78, 5) is 47.6. The van der Waals surface area contributed by atoms with Gasteiger partial charge in [-0.15, -0.1) is 11.3 Å². The number of imidazole rings is 1. The second-order valence-electron chi connectivity index (χ2n) is 7.35. The first-order chi connectivity index (χ1) is 15.9. The average Bonchev–Trinajstić information content (AvgIpc) is 3.40. The van der Waals surface area contributed by atoms with Crippen molar-refractivity contribution in [3.63, 3.8) is 0 Å².